The Hall–Kier alpha value is -3.35. The van der Waals surface area contributed by atoms with E-state index in [1.807, 2.05) is 30.3 Å². The third-order valence-corrected chi connectivity index (χ3v) is 4.09. The molecule has 2 aromatic carbocycles. The number of nitrogens with two attached hydrogens (primary N) is 1. The van der Waals surface area contributed by atoms with Crippen LogP contribution in [0.3, 0.4) is 0 Å². The third-order valence-electron chi connectivity index (χ3n) is 4.09. The fourth-order valence-corrected chi connectivity index (χ4v) is 2.55. The first-order valence-corrected chi connectivity index (χ1v) is 9.16. The van der Waals surface area contributed by atoms with Gasteiger partial charge in [0.05, 0.1) is 0 Å². The Morgan fingerprint density at radius 2 is 1.57 bits per heavy atom. The quantitative estimate of drug-likeness (QED) is 0.547. The molecule has 1 atom stereocenters. The van der Waals surface area contributed by atoms with Gasteiger partial charge in [-0.1, -0.05) is 48.5 Å². The highest BCUT2D eigenvalue weighted by Crippen LogP contribution is 2.04. The number of carbonyl (C=O) groups excluding carboxylic acids is 3. The highest BCUT2D eigenvalue weighted by Gasteiger charge is 2.18. The zero-order valence-corrected chi connectivity index (χ0v) is 15.6. The van der Waals surface area contributed by atoms with Crippen molar-refractivity contribution in [3.8, 4) is 0 Å². The Balaban J connectivity index is 1.64. The predicted molar refractivity (Wildman–Crippen MR) is 105 cm³/mol. The van der Waals surface area contributed by atoms with Gasteiger partial charge in [-0.15, -0.1) is 0 Å². The van der Waals surface area contributed by atoms with E-state index < -0.39 is 18.0 Å². The summed E-state index contributed by atoms with van der Waals surface area (Å²) in [5.74, 6) is -0.925. The van der Waals surface area contributed by atoms with Crippen LogP contribution in [0.15, 0.2) is 60.7 Å². The summed E-state index contributed by atoms with van der Waals surface area (Å²) >= 11 is 0. The predicted octanol–water partition coefficient (Wildman–Crippen LogP) is 2.37. The fourth-order valence-electron chi connectivity index (χ4n) is 2.55. The number of amides is 3. The molecule has 0 aliphatic rings. The van der Waals surface area contributed by atoms with Crippen molar-refractivity contribution in [2.24, 2.45) is 5.73 Å². The molecule has 0 radical (unpaired) electrons. The Bertz CT molecular complexity index is 766. The molecular formula is C21H25N3O4. The van der Waals surface area contributed by atoms with E-state index in [2.05, 4.69) is 10.6 Å². The average molecular weight is 383 g/mol. The van der Waals surface area contributed by atoms with Crippen LogP contribution in [0.1, 0.15) is 35.2 Å². The van der Waals surface area contributed by atoms with Crippen molar-refractivity contribution in [3.05, 3.63) is 71.8 Å². The van der Waals surface area contributed by atoms with Gasteiger partial charge >= 0.3 is 6.09 Å². The third kappa shape index (κ3) is 7.49. The summed E-state index contributed by atoms with van der Waals surface area (Å²) in [5.41, 5.74) is 6.76. The van der Waals surface area contributed by atoms with Crippen LogP contribution in [0, 0.1) is 0 Å². The molecule has 3 amide bonds. The van der Waals surface area contributed by atoms with Crippen LogP contribution in [0.4, 0.5) is 4.79 Å². The summed E-state index contributed by atoms with van der Waals surface area (Å²) in [6.45, 7) is 0.619. The van der Waals surface area contributed by atoms with Crippen molar-refractivity contribution in [2.75, 3.05) is 6.54 Å². The minimum absolute atomic E-state index is 0.210. The molecule has 0 saturated carbocycles. The number of unbranched alkanes of at least 4 members (excludes halogenated alkanes) is 1. The minimum Gasteiger partial charge on any atom is -0.445 e. The van der Waals surface area contributed by atoms with Crippen LogP contribution in [0.5, 0.6) is 0 Å². The topological polar surface area (TPSA) is 111 Å². The van der Waals surface area contributed by atoms with Gasteiger partial charge in [0.1, 0.15) is 12.6 Å². The molecule has 4 N–H and O–H groups in total. The fraction of sp³-hybridized carbons (Fsp3) is 0.286. The molecule has 0 spiro atoms. The lowest BCUT2D eigenvalue weighted by Crippen LogP contribution is -2.44. The monoisotopic (exact) mass is 383 g/mol. The number of benzene rings is 2. The lowest BCUT2D eigenvalue weighted by atomic mass is 10.1. The van der Waals surface area contributed by atoms with Gasteiger partial charge in [0, 0.05) is 12.1 Å². The molecule has 0 bridgehead atoms. The van der Waals surface area contributed by atoms with E-state index in [0.29, 0.717) is 31.4 Å². The standard InChI is InChI=1S/C21H25N3O4/c22-19(25)18(24-20(26)17-11-5-2-6-12-17)13-7-8-14-23-21(27)28-15-16-9-3-1-4-10-16/h1-6,9-12,18H,7-8,13-15H2,(H2,22,25)(H,23,27)(H,24,26). The molecule has 0 fully saturated rings. The van der Waals surface area contributed by atoms with E-state index in [4.69, 9.17) is 10.5 Å². The van der Waals surface area contributed by atoms with Crippen LogP contribution >= 0.6 is 0 Å². The van der Waals surface area contributed by atoms with E-state index in [-0.39, 0.29) is 12.5 Å². The van der Waals surface area contributed by atoms with Crippen molar-refractivity contribution in [1.82, 2.24) is 10.6 Å². The highest BCUT2D eigenvalue weighted by atomic mass is 16.5. The molecule has 2 rings (SSSR count). The minimum atomic E-state index is -0.752. The molecule has 0 saturated heterocycles. The van der Waals surface area contributed by atoms with Gasteiger partial charge in [0.25, 0.3) is 5.91 Å². The number of carbonyl (C=O) groups is 3. The normalized spacial score (nSPS) is 11.3. The maximum atomic E-state index is 12.1. The summed E-state index contributed by atoms with van der Waals surface area (Å²) in [4.78, 5) is 35.4. The molecule has 0 heterocycles. The number of primary amides is 1. The molecule has 148 valence electrons. The molecule has 1 unspecified atom stereocenters. The van der Waals surface area contributed by atoms with Crippen LogP contribution in [0.25, 0.3) is 0 Å². The Kier molecular flexibility index (Phi) is 8.52. The summed E-state index contributed by atoms with van der Waals surface area (Å²) in [6, 6.07) is 17.3. The molecule has 7 heteroatoms. The van der Waals surface area contributed by atoms with Gasteiger partial charge < -0.3 is 21.1 Å². The van der Waals surface area contributed by atoms with E-state index in [0.717, 1.165) is 5.56 Å². The number of rotatable bonds is 10. The molecular weight excluding hydrogens is 358 g/mol. The Morgan fingerprint density at radius 3 is 2.21 bits per heavy atom. The zero-order chi connectivity index (χ0) is 20.2. The van der Waals surface area contributed by atoms with E-state index in [9.17, 15) is 14.4 Å². The molecule has 0 aliphatic carbocycles. The van der Waals surface area contributed by atoms with Gasteiger partial charge in [0.15, 0.2) is 0 Å². The number of hydrogen-bond donors (Lipinski definition) is 3. The van der Waals surface area contributed by atoms with E-state index in [1.54, 1.807) is 30.3 Å². The molecule has 0 aliphatic heterocycles. The molecule has 2 aromatic rings. The number of ether oxygens (including phenoxy) is 1. The maximum absolute atomic E-state index is 12.1. The second-order valence-corrected chi connectivity index (χ2v) is 6.28. The average Bonchev–Trinajstić information content (AvgIpc) is 2.72. The first kappa shape index (κ1) is 21.0. The smallest absolute Gasteiger partial charge is 0.407 e. The SMILES string of the molecule is NC(=O)C(CCCCNC(=O)OCc1ccccc1)NC(=O)c1ccccc1. The van der Waals surface area contributed by atoms with Crippen molar-refractivity contribution in [1.29, 1.82) is 0 Å². The first-order chi connectivity index (χ1) is 13.6. The van der Waals surface area contributed by atoms with Crippen LogP contribution < -0.4 is 16.4 Å². The summed E-state index contributed by atoms with van der Waals surface area (Å²) in [6.07, 6.45) is 1.15. The Labute approximate surface area is 164 Å². The lowest BCUT2D eigenvalue weighted by Gasteiger charge is -2.15. The van der Waals surface area contributed by atoms with Gasteiger partial charge in [-0.2, -0.15) is 0 Å². The molecule has 28 heavy (non-hydrogen) atoms. The van der Waals surface area contributed by atoms with Crippen LogP contribution in [0.2, 0.25) is 0 Å². The van der Waals surface area contributed by atoms with Crippen molar-refractivity contribution < 1.29 is 19.1 Å². The van der Waals surface area contributed by atoms with Crippen molar-refractivity contribution in [2.45, 2.75) is 31.9 Å². The molecule has 0 aromatic heterocycles. The van der Waals surface area contributed by atoms with Crippen molar-refractivity contribution >= 4 is 17.9 Å². The second kappa shape index (κ2) is 11.4. The summed E-state index contributed by atoms with van der Waals surface area (Å²) in [5, 5.41) is 5.30. The van der Waals surface area contributed by atoms with E-state index in [1.165, 1.54) is 0 Å². The second-order valence-electron chi connectivity index (χ2n) is 6.28. The largest absolute Gasteiger partial charge is 0.445 e. The van der Waals surface area contributed by atoms with Gasteiger partial charge in [-0.3, -0.25) is 9.59 Å². The maximum Gasteiger partial charge on any atom is 0.407 e. The summed E-state index contributed by atoms with van der Waals surface area (Å²) in [7, 11) is 0. The number of hydrogen-bond acceptors (Lipinski definition) is 4. The van der Waals surface area contributed by atoms with Crippen LogP contribution in [-0.4, -0.2) is 30.5 Å². The van der Waals surface area contributed by atoms with Gasteiger partial charge in [0.2, 0.25) is 5.91 Å². The zero-order valence-electron chi connectivity index (χ0n) is 15.6. The van der Waals surface area contributed by atoms with E-state index >= 15 is 0 Å². The number of nitrogens with one attached hydrogen (secondary N) is 2. The molecule has 7 nitrogen and oxygen atoms in total. The van der Waals surface area contributed by atoms with Gasteiger partial charge in [-0.25, -0.2) is 4.79 Å². The van der Waals surface area contributed by atoms with Gasteiger partial charge in [-0.05, 0) is 37.0 Å². The highest BCUT2D eigenvalue weighted by molar-refractivity contribution is 5.97. The Morgan fingerprint density at radius 1 is 0.929 bits per heavy atom. The lowest BCUT2D eigenvalue weighted by molar-refractivity contribution is -0.120. The summed E-state index contributed by atoms with van der Waals surface area (Å²) < 4.78 is 5.11. The van der Waals surface area contributed by atoms with Crippen LogP contribution in [-0.2, 0) is 16.1 Å². The first-order valence-electron chi connectivity index (χ1n) is 9.16. The van der Waals surface area contributed by atoms with Crippen molar-refractivity contribution in [3.63, 3.8) is 0 Å². The number of alkyl carbamates (subject to hydrolysis) is 1.